The lowest BCUT2D eigenvalue weighted by Gasteiger charge is -2.40. The van der Waals surface area contributed by atoms with Gasteiger partial charge in [0.15, 0.2) is 0 Å². The third-order valence-corrected chi connectivity index (χ3v) is 6.60. The molecule has 0 bridgehead atoms. The van der Waals surface area contributed by atoms with Crippen molar-refractivity contribution in [1.29, 1.82) is 0 Å². The highest BCUT2D eigenvalue weighted by Crippen LogP contribution is 2.32. The van der Waals surface area contributed by atoms with E-state index in [2.05, 4.69) is 14.9 Å². The lowest BCUT2D eigenvalue weighted by molar-refractivity contribution is -0.139. The second-order valence-electron chi connectivity index (χ2n) is 8.72. The number of halogens is 1. The molecule has 2 atom stereocenters. The van der Waals surface area contributed by atoms with Crippen molar-refractivity contribution in [1.82, 2.24) is 14.9 Å². The molecule has 1 aromatic carbocycles. The Balaban J connectivity index is 1.46. The topological polar surface area (TPSA) is 69.2 Å². The van der Waals surface area contributed by atoms with Crippen LogP contribution in [0.3, 0.4) is 0 Å². The zero-order valence-electron chi connectivity index (χ0n) is 16.4. The average Bonchev–Trinajstić information content (AvgIpc) is 3.06. The third-order valence-electron chi connectivity index (χ3n) is 6.60. The molecule has 1 aliphatic heterocycles. The minimum absolute atomic E-state index is 0.171. The molecule has 1 saturated heterocycles. The van der Waals surface area contributed by atoms with Crippen molar-refractivity contribution in [3.8, 4) is 0 Å². The minimum Gasteiger partial charge on any atom is -0.481 e. The fraction of sp³-hybridized carbons (Fsp3) is 0.636. The number of piperidine rings is 1. The molecule has 2 aromatic rings. The van der Waals surface area contributed by atoms with E-state index in [1.54, 1.807) is 6.07 Å². The largest absolute Gasteiger partial charge is 0.481 e. The fourth-order valence-corrected chi connectivity index (χ4v) is 5.16. The molecule has 0 spiro atoms. The number of rotatable bonds is 6. The van der Waals surface area contributed by atoms with Gasteiger partial charge in [0.05, 0.1) is 11.0 Å². The van der Waals surface area contributed by atoms with Crippen LogP contribution in [0.15, 0.2) is 18.2 Å². The zero-order chi connectivity index (χ0) is 19.5. The second kappa shape index (κ2) is 8.60. The van der Waals surface area contributed by atoms with Crippen LogP contribution < -0.4 is 0 Å². The van der Waals surface area contributed by atoms with Gasteiger partial charge in [0.25, 0.3) is 0 Å². The molecule has 4 rings (SSSR count). The molecule has 1 saturated carbocycles. The number of aliphatic carboxylic acids is 1. The average molecular weight is 387 g/mol. The summed E-state index contributed by atoms with van der Waals surface area (Å²) in [6.07, 6.45) is 8.58. The summed E-state index contributed by atoms with van der Waals surface area (Å²) in [5, 5.41) is 9.34. The number of carbonyl (C=O) groups is 1. The summed E-state index contributed by atoms with van der Waals surface area (Å²) in [6, 6.07) is 4.58. The third kappa shape index (κ3) is 4.72. The Hall–Kier alpha value is -1.95. The minimum atomic E-state index is -0.720. The molecule has 2 fully saturated rings. The van der Waals surface area contributed by atoms with E-state index in [1.165, 1.54) is 44.2 Å². The van der Waals surface area contributed by atoms with Crippen LogP contribution in [0, 0.1) is 23.6 Å². The first-order valence-corrected chi connectivity index (χ1v) is 10.6. The highest BCUT2D eigenvalue weighted by Gasteiger charge is 2.32. The lowest BCUT2D eigenvalue weighted by Crippen LogP contribution is -2.44. The molecule has 152 valence electrons. The van der Waals surface area contributed by atoms with Crippen molar-refractivity contribution in [2.24, 2.45) is 17.8 Å². The van der Waals surface area contributed by atoms with Crippen molar-refractivity contribution in [2.45, 2.75) is 51.4 Å². The molecule has 0 amide bonds. The van der Waals surface area contributed by atoms with Gasteiger partial charge in [-0.2, -0.15) is 0 Å². The van der Waals surface area contributed by atoms with Crippen molar-refractivity contribution in [2.75, 3.05) is 19.6 Å². The van der Waals surface area contributed by atoms with E-state index < -0.39 is 5.97 Å². The van der Waals surface area contributed by atoms with Crippen LogP contribution >= 0.6 is 0 Å². The molecule has 5 nitrogen and oxygen atoms in total. The van der Waals surface area contributed by atoms with E-state index >= 15 is 0 Å². The standard InChI is InChI=1S/C22H30FN3O2/c23-18-6-7-19-20(12-18)25-21(24-19)10-17-14-26(9-8-16(17)11-22(27)28)13-15-4-2-1-3-5-15/h6-7,12,15-17H,1-5,8-11,13-14H2,(H,24,25)(H,27,28). The summed E-state index contributed by atoms with van der Waals surface area (Å²) >= 11 is 0. The number of aromatic nitrogens is 2. The lowest BCUT2D eigenvalue weighted by atomic mass is 9.80. The Labute approximate surface area is 165 Å². The van der Waals surface area contributed by atoms with Crippen LogP contribution in [0.4, 0.5) is 4.39 Å². The molecule has 2 unspecified atom stereocenters. The van der Waals surface area contributed by atoms with Gasteiger partial charge >= 0.3 is 5.97 Å². The summed E-state index contributed by atoms with van der Waals surface area (Å²) in [5.41, 5.74) is 1.47. The molecule has 6 heteroatoms. The Bertz CT molecular complexity index is 815. The van der Waals surface area contributed by atoms with Crippen LogP contribution in [0.5, 0.6) is 0 Å². The highest BCUT2D eigenvalue weighted by molar-refractivity contribution is 5.74. The Morgan fingerprint density at radius 1 is 1.21 bits per heavy atom. The number of hydrogen-bond donors (Lipinski definition) is 2. The van der Waals surface area contributed by atoms with E-state index in [9.17, 15) is 14.3 Å². The van der Waals surface area contributed by atoms with Gasteiger partial charge in [0.1, 0.15) is 11.6 Å². The van der Waals surface area contributed by atoms with E-state index in [0.717, 1.165) is 49.7 Å². The molecule has 0 radical (unpaired) electrons. The molecular formula is C22H30FN3O2. The maximum absolute atomic E-state index is 13.5. The first-order chi connectivity index (χ1) is 13.6. The van der Waals surface area contributed by atoms with Gasteiger partial charge < -0.3 is 15.0 Å². The number of benzene rings is 1. The second-order valence-corrected chi connectivity index (χ2v) is 8.72. The number of carboxylic acid groups (broad SMARTS) is 1. The van der Waals surface area contributed by atoms with Crippen LogP contribution in [0.1, 0.15) is 50.8 Å². The van der Waals surface area contributed by atoms with E-state index in [1.807, 2.05) is 0 Å². The maximum Gasteiger partial charge on any atom is 0.303 e. The van der Waals surface area contributed by atoms with Crippen LogP contribution in [-0.2, 0) is 11.2 Å². The predicted molar refractivity (Wildman–Crippen MR) is 107 cm³/mol. The summed E-state index contributed by atoms with van der Waals surface area (Å²) < 4.78 is 13.5. The summed E-state index contributed by atoms with van der Waals surface area (Å²) in [7, 11) is 0. The molecule has 28 heavy (non-hydrogen) atoms. The molecular weight excluding hydrogens is 357 g/mol. The number of nitrogens with one attached hydrogen (secondary N) is 1. The van der Waals surface area contributed by atoms with Gasteiger partial charge in [-0.3, -0.25) is 4.79 Å². The van der Waals surface area contributed by atoms with E-state index in [0.29, 0.717) is 5.52 Å². The van der Waals surface area contributed by atoms with Gasteiger partial charge in [0, 0.05) is 25.9 Å². The van der Waals surface area contributed by atoms with E-state index in [4.69, 9.17) is 0 Å². The Morgan fingerprint density at radius 2 is 2.04 bits per heavy atom. The molecule has 2 aliphatic rings. The predicted octanol–water partition coefficient (Wildman–Crippen LogP) is 4.24. The highest BCUT2D eigenvalue weighted by atomic mass is 19.1. The van der Waals surface area contributed by atoms with Gasteiger partial charge in [-0.05, 0) is 61.8 Å². The monoisotopic (exact) mass is 387 g/mol. The molecule has 1 aromatic heterocycles. The summed E-state index contributed by atoms with van der Waals surface area (Å²) in [5.74, 6) is 1.06. The molecule has 2 N–H and O–H groups in total. The maximum atomic E-state index is 13.5. The van der Waals surface area contributed by atoms with Gasteiger partial charge in [0.2, 0.25) is 0 Å². The summed E-state index contributed by atoms with van der Waals surface area (Å²) in [6.45, 7) is 3.07. The number of carboxylic acids is 1. The van der Waals surface area contributed by atoms with Gasteiger partial charge in [-0.1, -0.05) is 19.3 Å². The van der Waals surface area contributed by atoms with Crippen LogP contribution in [0.25, 0.3) is 11.0 Å². The first-order valence-electron chi connectivity index (χ1n) is 10.6. The van der Waals surface area contributed by atoms with Gasteiger partial charge in [-0.15, -0.1) is 0 Å². The molecule has 2 heterocycles. The first kappa shape index (κ1) is 19.4. The van der Waals surface area contributed by atoms with Crippen molar-refractivity contribution in [3.05, 3.63) is 29.8 Å². The van der Waals surface area contributed by atoms with Crippen molar-refractivity contribution < 1.29 is 14.3 Å². The number of imidazole rings is 1. The number of nitrogens with zero attached hydrogens (tertiary/aromatic N) is 2. The van der Waals surface area contributed by atoms with Gasteiger partial charge in [-0.25, -0.2) is 9.37 Å². The summed E-state index contributed by atoms with van der Waals surface area (Å²) in [4.78, 5) is 21.8. The zero-order valence-corrected chi connectivity index (χ0v) is 16.4. The fourth-order valence-electron chi connectivity index (χ4n) is 5.16. The smallest absolute Gasteiger partial charge is 0.303 e. The van der Waals surface area contributed by atoms with Crippen LogP contribution in [0.2, 0.25) is 0 Å². The Morgan fingerprint density at radius 3 is 2.82 bits per heavy atom. The number of fused-ring (bicyclic) bond motifs is 1. The van der Waals surface area contributed by atoms with Crippen LogP contribution in [-0.4, -0.2) is 45.6 Å². The number of likely N-dealkylation sites (tertiary alicyclic amines) is 1. The van der Waals surface area contributed by atoms with Crippen molar-refractivity contribution in [3.63, 3.8) is 0 Å². The number of aromatic amines is 1. The SMILES string of the molecule is O=C(O)CC1CCN(CC2CCCCC2)CC1Cc1nc2ccc(F)cc2[nH]1. The number of hydrogen-bond acceptors (Lipinski definition) is 3. The van der Waals surface area contributed by atoms with Crippen molar-refractivity contribution >= 4 is 17.0 Å². The number of H-pyrrole nitrogens is 1. The Kier molecular flexibility index (Phi) is 5.95. The molecule has 1 aliphatic carbocycles. The normalized spacial score (nSPS) is 24.6. The van der Waals surface area contributed by atoms with E-state index in [-0.39, 0.29) is 24.1 Å². The quantitative estimate of drug-likeness (QED) is 0.778.